The molecule has 1 aliphatic heterocycles. The van der Waals surface area contributed by atoms with Crippen LogP contribution < -0.4 is 11.3 Å². The first-order chi connectivity index (χ1) is 8.20. The van der Waals surface area contributed by atoms with Gasteiger partial charge in [0.1, 0.15) is 10.7 Å². The quantitative estimate of drug-likeness (QED) is 0.598. The van der Waals surface area contributed by atoms with Crippen LogP contribution in [0.3, 0.4) is 0 Å². The molecule has 3 N–H and O–H groups in total. The lowest BCUT2D eigenvalue weighted by molar-refractivity contribution is 0.139. The SMILES string of the molecule is CN(C)C1CCN(Cc2nnsc2NN)CC1. The van der Waals surface area contributed by atoms with E-state index in [0.29, 0.717) is 6.04 Å². The number of nitrogens with one attached hydrogen (secondary N) is 1. The molecule has 0 unspecified atom stereocenters. The average Bonchev–Trinajstić information content (AvgIpc) is 2.77. The van der Waals surface area contributed by atoms with Gasteiger partial charge in [-0.1, -0.05) is 4.49 Å². The Morgan fingerprint density at radius 3 is 2.76 bits per heavy atom. The topological polar surface area (TPSA) is 70.3 Å². The van der Waals surface area contributed by atoms with Crippen LogP contribution in [0.25, 0.3) is 0 Å². The number of anilines is 1. The second kappa shape index (κ2) is 5.72. The Morgan fingerprint density at radius 2 is 2.18 bits per heavy atom. The maximum absolute atomic E-state index is 5.42. The Balaban J connectivity index is 1.86. The molecule has 0 spiro atoms. The van der Waals surface area contributed by atoms with Crippen molar-refractivity contribution in [3.05, 3.63) is 5.69 Å². The van der Waals surface area contributed by atoms with Gasteiger partial charge < -0.3 is 10.3 Å². The van der Waals surface area contributed by atoms with Gasteiger partial charge in [-0.3, -0.25) is 4.90 Å². The van der Waals surface area contributed by atoms with Gasteiger partial charge in [-0.2, -0.15) is 0 Å². The summed E-state index contributed by atoms with van der Waals surface area (Å²) in [5.41, 5.74) is 3.61. The van der Waals surface area contributed by atoms with Crippen molar-refractivity contribution in [3.63, 3.8) is 0 Å². The molecule has 17 heavy (non-hydrogen) atoms. The van der Waals surface area contributed by atoms with E-state index in [4.69, 9.17) is 5.84 Å². The molecule has 6 nitrogen and oxygen atoms in total. The first-order valence-electron chi connectivity index (χ1n) is 5.87. The Labute approximate surface area is 106 Å². The monoisotopic (exact) mass is 256 g/mol. The van der Waals surface area contributed by atoms with Crippen LogP contribution >= 0.6 is 11.5 Å². The predicted octanol–water partition coefficient (Wildman–Crippen LogP) is 0.350. The zero-order chi connectivity index (χ0) is 12.3. The lowest BCUT2D eigenvalue weighted by atomic mass is 10.0. The molecule has 1 aromatic rings. The van der Waals surface area contributed by atoms with Crippen LogP contribution in [0.2, 0.25) is 0 Å². The van der Waals surface area contributed by atoms with Crippen LogP contribution in [0.1, 0.15) is 18.5 Å². The summed E-state index contributed by atoms with van der Waals surface area (Å²) in [5, 5.41) is 4.98. The third-order valence-electron chi connectivity index (χ3n) is 3.35. The minimum absolute atomic E-state index is 0.715. The standard InChI is InChI=1S/C10H20N6S/c1-15(2)8-3-5-16(6-4-8)7-9-10(12-11)17-14-13-9/h8,12H,3-7,11H2,1-2H3. The van der Waals surface area contributed by atoms with Gasteiger partial charge in [0.05, 0.1) is 0 Å². The number of hydrogen-bond donors (Lipinski definition) is 2. The lowest BCUT2D eigenvalue weighted by Gasteiger charge is -2.34. The smallest absolute Gasteiger partial charge is 0.148 e. The van der Waals surface area contributed by atoms with Crippen molar-refractivity contribution < 1.29 is 0 Å². The molecule has 2 rings (SSSR count). The Bertz CT molecular complexity index is 344. The molecule has 0 amide bonds. The summed E-state index contributed by atoms with van der Waals surface area (Å²) in [6.07, 6.45) is 2.44. The fraction of sp³-hybridized carbons (Fsp3) is 0.800. The van der Waals surface area contributed by atoms with Gasteiger partial charge in [-0.25, -0.2) is 5.84 Å². The van der Waals surface area contributed by atoms with E-state index in [-0.39, 0.29) is 0 Å². The van der Waals surface area contributed by atoms with E-state index in [0.717, 1.165) is 30.3 Å². The van der Waals surface area contributed by atoms with Crippen LogP contribution in [0.5, 0.6) is 0 Å². The third-order valence-corrected chi connectivity index (χ3v) is 4.05. The van der Waals surface area contributed by atoms with E-state index in [1.165, 1.54) is 24.4 Å². The summed E-state index contributed by atoms with van der Waals surface area (Å²) in [6, 6.07) is 0.715. The molecule has 0 aromatic carbocycles. The molecule has 0 bridgehead atoms. The van der Waals surface area contributed by atoms with Crippen LogP contribution in [0.15, 0.2) is 0 Å². The normalized spacial score (nSPS) is 18.8. The molecule has 2 heterocycles. The van der Waals surface area contributed by atoms with Crippen molar-refractivity contribution in [3.8, 4) is 0 Å². The molecule has 1 aliphatic rings. The minimum Gasteiger partial charge on any atom is -0.313 e. The maximum atomic E-state index is 5.42. The number of nitrogen functional groups attached to an aromatic ring is 1. The van der Waals surface area contributed by atoms with Gasteiger partial charge in [-0.15, -0.1) is 5.10 Å². The van der Waals surface area contributed by atoms with Crippen molar-refractivity contribution >= 4 is 16.5 Å². The molecule has 1 saturated heterocycles. The zero-order valence-corrected chi connectivity index (χ0v) is 11.2. The van der Waals surface area contributed by atoms with E-state index in [1.54, 1.807) is 0 Å². The number of hydrogen-bond acceptors (Lipinski definition) is 7. The van der Waals surface area contributed by atoms with E-state index in [9.17, 15) is 0 Å². The number of likely N-dealkylation sites (tertiary alicyclic amines) is 1. The molecule has 0 radical (unpaired) electrons. The van der Waals surface area contributed by atoms with E-state index in [1.807, 2.05) is 0 Å². The van der Waals surface area contributed by atoms with Crippen molar-refractivity contribution in [2.45, 2.75) is 25.4 Å². The number of piperidine rings is 1. The van der Waals surface area contributed by atoms with Gasteiger partial charge in [-0.05, 0) is 26.9 Å². The summed E-state index contributed by atoms with van der Waals surface area (Å²) < 4.78 is 3.92. The van der Waals surface area contributed by atoms with Crippen LogP contribution in [-0.2, 0) is 6.54 Å². The number of nitrogens with two attached hydrogens (primary N) is 1. The highest BCUT2D eigenvalue weighted by molar-refractivity contribution is 7.10. The van der Waals surface area contributed by atoms with Crippen LogP contribution in [0, 0.1) is 0 Å². The molecular formula is C10H20N6S. The number of hydrazine groups is 1. The summed E-state index contributed by atoms with van der Waals surface area (Å²) in [7, 11) is 4.31. The highest BCUT2D eigenvalue weighted by Gasteiger charge is 2.21. The predicted molar refractivity (Wildman–Crippen MR) is 69.7 cm³/mol. The Morgan fingerprint density at radius 1 is 1.47 bits per heavy atom. The molecule has 0 aliphatic carbocycles. The fourth-order valence-corrected chi connectivity index (χ4v) is 2.71. The number of rotatable bonds is 4. The highest BCUT2D eigenvalue weighted by Crippen LogP contribution is 2.21. The van der Waals surface area contributed by atoms with Crippen LogP contribution in [0.4, 0.5) is 5.00 Å². The molecule has 1 aromatic heterocycles. The summed E-state index contributed by atoms with van der Waals surface area (Å²) in [4.78, 5) is 4.73. The molecule has 0 atom stereocenters. The minimum atomic E-state index is 0.715. The lowest BCUT2D eigenvalue weighted by Crippen LogP contribution is -2.41. The largest absolute Gasteiger partial charge is 0.313 e. The highest BCUT2D eigenvalue weighted by atomic mass is 32.1. The van der Waals surface area contributed by atoms with Crippen molar-refractivity contribution in [1.82, 2.24) is 19.4 Å². The van der Waals surface area contributed by atoms with Gasteiger partial charge in [0.15, 0.2) is 0 Å². The zero-order valence-electron chi connectivity index (χ0n) is 10.4. The van der Waals surface area contributed by atoms with E-state index >= 15 is 0 Å². The van der Waals surface area contributed by atoms with Crippen LogP contribution in [-0.4, -0.2) is 52.6 Å². The van der Waals surface area contributed by atoms with Crippen molar-refractivity contribution in [2.24, 2.45) is 5.84 Å². The second-order valence-electron chi connectivity index (χ2n) is 4.66. The number of nitrogens with zero attached hydrogens (tertiary/aromatic N) is 4. The molecular weight excluding hydrogens is 236 g/mol. The van der Waals surface area contributed by atoms with Gasteiger partial charge in [0, 0.05) is 37.2 Å². The number of aromatic nitrogens is 2. The van der Waals surface area contributed by atoms with E-state index < -0.39 is 0 Å². The first-order valence-corrected chi connectivity index (χ1v) is 6.64. The maximum Gasteiger partial charge on any atom is 0.148 e. The average molecular weight is 256 g/mol. The van der Waals surface area contributed by atoms with Crippen molar-refractivity contribution in [1.29, 1.82) is 0 Å². The summed E-state index contributed by atoms with van der Waals surface area (Å²) in [6.45, 7) is 3.07. The Hall–Kier alpha value is -0.760. The van der Waals surface area contributed by atoms with Crippen molar-refractivity contribution in [2.75, 3.05) is 32.6 Å². The van der Waals surface area contributed by atoms with Gasteiger partial charge in [0.25, 0.3) is 0 Å². The fourth-order valence-electron chi connectivity index (χ4n) is 2.23. The van der Waals surface area contributed by atoms with E-state index in [2.05, 4.69) is 38.9 Å². The third kappa shape index (κ3) is 3.12. The summed E-state index contributed by atoms with van der Waals surface area (Å²) >= 11 is 1.31. The summed E-state index contributed by atoms with van der Waals surface area (Å²) in [5.74, 6) is 5.42. The second-order valence-corrected chi connectivity index (χ2v) is 5.42. The molecule has 1 fully saturated rings. The molecule has 96 valence electrons. The molecule has 7 heteroatoms. The first kappa shape index (κ1) is 12.7. The van der Waals surface area contributed by atoms with Gasteiger partial charge in [0.2, 0.25) is 0 Å². The molecule has 0 saturated carbocycles. The van der Waals surface area contributed by atoms with Gasteiger partial charge >= 0.3 is 0 Å². The Kier molecular flexibility index (Phi) is 4.27.